The molecule has 20 heavy (non-hydrogen) atoms. The predicted molar refractivity (Wildman–Crippen MR) is 79.3 cm³/mol. The summed E-state index contributed by atoms with van der Waals surface area (Å²) in [5.41, 5.74) is 0.901. The molecule has 0 amide bonds. The first-order chi connectivity index (χ1) is 9.39. The largest absolute Gasteiger partial charge is 0.294 e. The van der Waals surface area contributed by atoms with Crippen LogP contribution >= 0.6 is 11.6 Å². The summed E-state index contributed by atoms with van der Waals surface area (Å²) < 4.78 is 1.55. The van der Waals surface area contributed by atoms with Gasteiger partial charge in [0.2, 0.25) is 0 Å². The molecule has 4 nitrogen and oxygen atoms in total. The van der Waals surface area contributed by atoms with Gasteiger partial charge in [-0.25, -0.2) is 9.67 Å². The van der Waals surface area contributed by atoms with E-state index < -0.39 is 5.41 Å². The Bertz CT molecular complexity index is 639. The summed E-state index contributed by atoms with van der Waals surface area (Å²) in [6, 6.07) is 7.35. The second-order valence-corrected chi connectivity index (χ2v) is 5.87. The molecule has 2 aromatic rings. The number of ketones is 1. The first-order valence-corrected chi connectivity index (χ1v) is 6.63. The molecule has 2 rings (SSSR count). The van der Waals surface area contributed by atoms with Crippen molar-refractivity contribution in [1.82, 2.24) is 14.8 Å². The molecule has 5 heteroatoms. The zero-order chi connectivity index (χ0) is 14.8. The summed E-state index contributed by atoms with van der Waals surface area (Å²) in [4.78, 5) is 16.2. The van der Waals surface area contributed by atoms with Crippen LogP contribution in [0.5, 0.6) is 0 Å². The quantitative estimate of drug-likeness (QED) is 0.813. The van der Waals surface area contributed by atoms with E-state index in [1.807, 2.05) is 39.0 Å². The fraction of sp³-hybridized carbons (Fsp3) is 0.267. The van der Waals surface area contributed by atoms with Crippen molar-refractivity contribution in [2.24, 2.45) is 5.41 Å². The lowest BCUT2D eigenvalue weighted by atomic mass is 9.90. The average molecular weight is 290 g/mol. The number of nitrogens with zero attached hydrogens (tertiary/aromatic N) is 3. The molecule has 0 unspecified atom stereocenters. The lowest BCUT2D eigenvalue weighted by molar-refractivity contribution is -0.121. The molecule has 1 aromatic heterocycles. The lowest BCUT2D eigenvalue weighted by Gasteiger charge is -2.16. The molecule has 0 saturated carbocycles. The minimum atomic E-state index is -0.465. The van der Waals surface area contributed by atoms with E-state index in [0.29, 0.717) is 10.7 Å². The highest BCUT2D eigenvalue weighted by Crippen LogP contribution is 2.26. The Labute approximate surface area is 123 Å². The van der Waals surface area contributed by atoms with Crippen molar-refractivity contribution >= 4 is 23.1 Å². The molecule has 0 N–H and O–H groups in total. The van der Waals surface area contributed by atoms with Gasteiger partial charge in [0.05, 0.1) is 5.70 Å². The monoisotopic (exact) mass is 289 g/mol. The first-order valence-electron chi connectivity index (χ1n) is 6.25. The fourth-order valence-electron chi connectivity index (χ4n) is 1.61. The van der Waals surface area contributed by atoms with Gasteiger partial charge in [-0.05, 0) is 6.07 Å². The van der Waals surface area contributed by atoms with Gasteiger partial charge in [0.1, 0.15) is 12.7 Å². The van der Waals surface area contributed by atoms with Crippen LogP contribution in [-0.4, -0.2) is 20.5 Å². The maximum Gasteiger partial charge on any atom is 0.163 e. The maximum absolute atomic E-state index is 12.3. The van der Waals surface area contributed by atoms with Crippen LogP contribution in [0, 0.1) is 5.41 Å². The van der Waals surface area contributed by atoms with Gasteiger partial charge in [0.25, 0.3) is 0 Å². The molecule has 104 valence electrons. The van der Waals surface area contributed by atoms with Gasteiger partial charge < -0.3 is 0 Å². The molecular formula is C15H16ClN3O. The van der Waals surface area contributed by atoms with Crippen LogP contribution in [-0.2, 0) is 4.79 Å². The zero-order valence-electron chi connectivity index (χ0n) is 11.7. The maximum atomic E-state index is 12.3. The van der Waals surface area contributed by atoms with Crippen LogP contribution < -0.4 is 0 Å². The van der Waals surface area contributed by atoms with E-state index in [1.54, 1.807) is 23.2 Å². The Morgan fingerprint density at radius 2 is 2.00 bits per heavy atom. The Kier molecular flexibility index (Phi) is 4.04. The number of aromatic nitrogens is 3. The minimum Gasteiger partial charge on any atom is -0.294 e. The summed E-state index contributed by atoms with van der Waals surface area (Å²) in [5, 5.41) is 4.66. The van der Waals surface area contributed by atoms with Crippen LogP contribution in [0.1, 0.15) is 26.3 Å². The molecule has 0 fully saturated rings. The molecule has 0 aliphatic carbocycles. The Morgan fingerprint density at radius 3 is 2.55 bits per heavy atom. The van der Waals surface area contributed by atoms with Crippen LogP contribution in [0.25, 0.3) is 5.70 Å². The lowest BCUT2D eigenvalue weighted by Crippen LogP contribution is -2.19. The number of allylic oxidation sites excluding steroid dienone is 1. The summed E-state index contributed by atoms with van der Waals surface area (Å²) >= 11 is 6.22. The fourth-order valence-corrected chi connectivity index (χ4v) is 1.84. The third-order valence-electron chi connectivity index (χ3n) is 2.82. The number of benzene rings is 1. The van der Waals surface area contributed by atoms with E-state index >= 15 is 0 Å². The van der Waals surface area contributed by atoms with E-state index in [4.69, 9.17) is 11.6 Å². The molecule has 0 radical (unpaired) electrons. The summed E-state index contributed by atoms with van der Waals surface area (Å²) in [5.74, 6) is 0.00270. The van der Waals surface area contributed by atoms with Gasteiger partial charge >= 0.3 is 0 Å². The zero-order valence-corrected chi connectivity index (χ0v) is 12.4. The SMILES string of the molecule is CC(C)(C)C(=O)/C=C(/c1ccccc1Cl)n1cncn1. The van der Waals surface area contributed by atoms with Crippen molar-refractivity contribution in [1.29, 1.82) is 0 Å². The normalized spacial score (nSPS) is 12.5. The van der Waals surface area contributed by atoms with Gasteiger partial charge in [-0.15, -0.1) is 0 Å². The molecule has 0 bridgehead atoms. The highest BCUT2D eigenvalue weighted by atomic mass is 35.5. The van der Waals surface area contributed by atoms with E-state index in [0.717, 1.165) is 5.56 Å². The number of rotatable bonds is 3. The van der Waals surface area contributed by atoms with E-state index in [-0.39, 0.29) is 5.78 Å². The van der Waals surface area contributed by atoms with Crippen LogP contribution in [0.2, 0.25) is 5.02 Å². The van der Waals surface area contributed by atoms with Crippen molar-refractivity contribution in [3.8, 4) is 0 Å². The Hall–Kier alpha value is -1.94. The van der Waals surface area contributed by atoms with Crippen LogP contribution in [0.15, 0.2) is 43.0 Å². The number of carbonyl (C=O) groups is 1. The van der Waals surface area contributed by atoms with E-state index in [1.165, 1.54) is 6.33 Å². The Morgan fingerprint density at radius 1 is 1.30 bits per heavy atom. The van der Waals surface area contributed by atoms with Gasteiger partial charge in [-0.1, -0.05) is 50.6 Å². The summed E-state index contributed by atoms with van der Waals surface area (Å²) in [7, 11) is 0. The number of halogens is 1. The topological polar surface area (TPSA) is 47.8 Å². The predicted octanol–water partition coefficient (Wildman–Crippen LogP) is 3.44. The smallest absolute Gasteiger partial charge is 0.163 e. The van der Waals surface area contributed by atoms with Crippen molar-refractivity contribution in [2.75, 3.05) is 0 Å². The van der Waals surface area contributed by atoms with E-state index in [2.05, 4.69) is 10.1 Å². The number of carbonyl (C=O) groups excluding carboxylic acids is 1. The third kappa shape index (κ3) is 3.14. The highest BCUT2D eigenvalue weighted by Gasteiger charge is 2.21. The van der Waals surface area contributed by atoms with Crippen molar-refractivity contribution in [2.45, 2.75) is 20.8 Å². The standard InChI is InChI=1S/C15H16ClN3O/c1-15(2,3)14(20)8-13(19-10-17-9-18-19)11-6-4-5-7-12(11)16/h4-10H,1-3H3/b13-8-. The highest BCUT2D eigenvalue weighted by molar-refractivity contribution is 6.32. The number of hydrogen-bond donors (Lipinski definition) is 0. The van der Waals surface area contributed by atoms with Crippen LogP contribution in [0.3, 0.4) is 0 Å². The second kappa shape index (κ2) is 5.59. The summed E-state index contributed by atoms with van der Waals surface area (Å²) in [6.45, 7) is 5.62. The van der Waals surface area contributed by atoms with Crippen molar-refractivity contribution in [3.63, 3.8) is 0 Å². The second-order valence-electron chi connectivity index (χ2n) is 5.46. The molecule has 0 aliphatic rings. The van der Waals surface area contributed by atoms with Crippen molar-refractivity contribution in [3.05, 3.63) is 53.6 Å². The molecule has 1 heterocycles. The average Bonchev–Trinajstić information content (AvgIpc) is 2.89. The summed E-state index contributed by atoms with van der Waals surface area (Å²) in [6.07, 6.45) is 4.53. The molecule has 1 aromatic carbocycles. The number of hydrogen-bond acceptors (Lipinski definition) is 3. The van der Waals surface area contributed by atoms with E-state index in [9.17, 15) is 4.79 Å². The van der Waals surface area contributed by atoms with Crippen molar-refractivity contribution < 1.29 is 4.79 Å². The van der Waals surface area contributed by atoms with Gasteiger partial charge in [-0.3, -0.25) is 4.79 Å². The molecule has 0 atom stereocenters. The van der Waals surface area contributed by atoms with Gasteiger partial charge in [0.15, 0.2) is 5.78 Å². The van der Waals surface area contributed by atoms with Gasteiger partial charge in [0, 0.05) is 22.1 Å². The van der Waals surface area contributed by atoms with Crippen LogP contribution in [0.4, 0.5) is 0 Å². The Balaban J connectivity index is 2.56. The minimum absolute atomic E-state index is 0.00270. The molecular weight excluding hydrogens is 274 g/mol. The first kappa shape index (κ1) is 14.5. The van der Waals surface area contributed by atoms with Gasteiger partial charge in [-0.2, -0.15) is 5.10 Å². The molecule has 0 spiro atoms. The molecule has 0 aliphatic heterocycles. The third-order valence-corrected chi connectivity index (χ3v) is 3.15. The molecule has 0 saturated heterocycles.